The third-order valence-corrected chi connectivity index (χ3v) is 3.89. The molecule has 0 spiro atoms. The molecule has 0 atom stereocenters. The van der Waals surface area contributed by atoms with Crippen LogP contribution in [0.2, 0.25) is 0 Å². The molecule has 1 N–H and O–H groups in total. The fourth-order valence-electron chi connectivity index (χ4n) is 2.04. The molecule has 0 bridgehead atoms. The molecule has 0 radical (unpaired) electrons. The minimum Gasteiger partial charge on any atom is -0.379 e. The first kappa shape index (κ1) is 13.6. The lowest BCUT2D eigenvalue weighted by atomic mass is 10.2. The number of nitrogens with one attached hydrogen (secondary N) is 1. The summed E-state index contributed by atoms with van der Waals surface area (Å²) in [6, 6.07) is 16.5. The average Bonchev–Trinajstić information content (AvgIpc) is 3.08. The number of anilines is 1. The van der Waals surface area contributed by atoms with Gasteiger partial charge in [0, 0.05) is 11.4 Å². The van der Waals surface area contributed by atoms with E-state index in [1.165, 1.54) is 10.5 Å². The molecule has 2 aromatic carbocycles. The van der Waals surface area contributed by atoms with Crippen molar-refractivity contribution in [3.8, 4) is 5.69 Å². The number of aromatic nitrogens is 4. The third kappa shape index (κ3) is 3.22. The summed E-state index contributed by atoms with van der Waals surface area (Å²) in [6.07, 6.45) is 3.67. The largest absolute Gasteiger partial charge is 0.379 e. The molecule has 0 unspecified atom stereocenters. The lowest BCUT2D eigenvalue weighted by molar-refractivity contribution is 0.789. The van der Waals surface area contributed by atoms with Crippen LogP contribution in [-0.4, -0.2) is 26.5 Å². The number of hydrogen-bond donors (Lipinski definition) is 1. The number of thioether (sulfide) groups is 1. The molecule has 0 aliphatic rings. The zero-order valence-electron chi connectivity index (χ0n) is 11.6. The van der Waals surface area contributed by atoms with Crippen molar-refractivity contribution in [1.29, 1.82) is 0 Å². The molecule has 0 saturated carbocycles. The highest BCUT2D eigenvalue weighted by molar-refractivity contribution is 7.98. The second kappa shape index (κ2) is 6.41. The van der Waals surface area contributed by atoms with Gasteiger partial charge in [0.15, 0.2) is 0 Å². The molecule has 0 aliphatic carbocycles. The molecule has 3 aromatic rings. The van der Waals surface area contributed by atoms with Crippen molar-refractivity contribution in [3.63, 3.8) is 0 Å². The molecular weight excluding hydrogens is 282 g/mol. The van der Waals surface area contributed by atoms with Crippen LogP contribution in [0.5, 0.6) is 0 Å². The topological polar surface area (TPSA) is 55.6 Å². The maximum atomic E-state index is 3.94. The van der Waals surface area contributed by atoms with E-state index in [1.54, 1.807) is 22.8 Å². The molecular formula is C15H15N5S. The van der Waals surface area contributed by atoms with E-state index < -0.39 is 0 Å². The van der Waals surface area contributed by atoms with Gasteiger partial charge in [0.05, 0.1) is 11.4 Å². The number of nitrogens with zero attached hydrogens (tertiary/aromatic N) is 4. The number of rotatable bonds is 5. The molecule has 1 heterocycles. The Morgan fingerprint density at radius 3 is 2.62 bits per heavy atom. The molecule has 1 aromatic heterocycles. The highest BCUT2D eigenvalue weighted by Crippen LogP contribution is 2.20. The van der Waals surface area contributed by atoms with Crippen molar-refractivity contribution in [3.05, 3.63) is 60.4 Å². The number of hydrogen-bond acceptors (Lipinski definition) is 5. The second-order valence-electron chi connectivity index (χ2n) is 4.47. The summed E-state index contributed by atoms with van der Waals surface area (Å²) in [6.45, 7) is 0.758. The Hall–Kier alpha value is -2.34. The van der Waals surface area contributed by atoms with E-state index in [-0.39, 0.29) is 0 Å². The van der Waals surface area contributed by atoms with Crippen LogP contribution in [0.1, 0.15) is 5.56 Å². The van der Waals surface area contributed by atoms with Crippen molar-refractivity contribution in [2.24, 2.45) is 0 Å². The van der Waals surface area contributed by atoms with Crippen LogP contribution in [0.25, 0.3) is 5.69 Å². The molecule has 0 amide bonds. The Balaban J connectivity index is 1.76. The first-order valence-corrected chi connectivity index (χ1v) is 7.78. The van der Waals surface area contributed by atoms with Crippen LogP contribution in [0.15, 0.2) is 59.8 Å². The predicted molar refractivity (Wildman–Crippen MR) is 84.7 cm³/mol. The van der Waals surface area contributed by atoms with Gasteiger partial charge in [0.2, 0.25) is 0 Å². The van der Waals surface area contributed by atoms with Gasteiger partial charge in [0.25, 0.3) is 0 Å². The van der Waals surface area contributed by atoms with Gasteiger partial charge in [-0.1, -0.05) is 24.3 Å². The Morgan fingerprint density at radius 2 is 1.90 bits per heavy atom. The summed E-state index contributed by atoms with van der Waals surface area (Å²) in [4.78, 5) is 1.27. The van der Waals surface area contributed by atoms with Crippen LogP contribution in [0, 0.1) is 0 Å². The SMILES string of the molecule is CSc1ccc(CNc2ccccc2-n2cnnn2)cc1. The minimum absolute atomic E-state index is 0.758. The summed E-state index contributed by atoms with van der Waals surface area (Å²) < 4.78 is 1.65. The van der Waals surface area contributed by atoms with Crippen LogP contribution in [-0.2, 0) is 6.54 Å². The van der Waals surface area contributed by atoms with Gasteiger partial charge in [0.1, 0.15) is 6.33 Å². The minimum atomic E-state index is 0.758. The van der Waals surface area contributed by atoms with Crippen molar-refractivity contribution in [2.75, 3.05) is 11.6 Å². The first-order valence-electron chi connectivity index (χ1n) is 6.56. The zero-order valence-corrected chi connectivity index (χ0v) is 12.4. The number of tetrazole rings is 1. The highest BCUT2D eigenvalue weighted by atomic mass is 32.2. The predicted octanol–water partition coefficient (Wildman–Crippen LogP) is 3.00. The van der Waals surface area contributed by atoms with E-state index in [0.29, 0.717) is 0 Å². The first-order chi connectivity index (χ1) is 10.4. The Kier molecular flexibility index (Phi) is 4.16. The van der Waals surface area contributed by atoms with Crippen LogP contribution >= 0.6 is 11.8 Å². The van der Waals surface area contributed by atoms with E-state index in [9.17, 15) is 0 Å². The van der Waals surface area contributed by atoms with Gasteiger partial charge in [-0.3, -0.25) is 0 Å². The zero-order chi connectivity index (χ0) is 14.5. The van der Waals surface area contributed by atoms with Crippen molar-refractivity contribution in [1.82, 2.24) is 20.2 Å². The lowest BCUT2D eigenvalue weighted by Gasteiger charge is -2.11. The number of benzene rings is 2. The van der Waals surface area contributed by atoms with Gasteiger partial charge in [-0.25, -0.2) is 0 Å². The molecule has 0 saturated heterocycles. The smallest absolute Gasteiger partial charge is 0.143 e. The summed E-state index contributed by atoms with van der Waals surface area (Å²) in [5.41, 5.74) is 3.17. The quantitative estimate of drug-likeness (QED) is 0.734. The molecule has 6 heteroatoms. The van der Waals surface area contributed by atoms with Gasteiger partial charge in [-0.15, -0.1) is 16.9 Å². The van der Waals surface area contributed by atoms with E-state index >= 15 is 0 Å². The molecule has 0 fully saturated rings. The Labute approximate surface area is 127 Å². The standard InChI is InChI=1S/C15H15N5S/c1-21-13-8-6-12(7-9-13)10-16-14-4-2-3-5-15(14)20-11-17-18-19-20/h2-9,11,16H,10H2,1H3. The summed E-state index contributed by atoms with van der Waals surface area (Å²) in [5.74, 6) is 0. The van der Waals surface area contributed by atoms with E-state index in [4.69, 9.17) is 0 Å². The fourth-order valence-corrected chi connectivity index (χ4v) is 2.44. The van der Waals surface area contributed by atoms with Crippen molar-refractivity contribution < 1.29 is 0 Å². The van der Waals surface area contributed by atoms with Crippen LogP contribution in [0.4, 0.5) is 5.69 Å². The Morgan fingerprint density at radius 1 is 1.10 bits per heavy atom. The second-order valence-corrected chi connectivity index (χ2v) is 5.35. The highest BCUT2D eigenvalue weighted by Gasteiger charge is 2.04. The van der Waals surface area contributed by atoms with Crippen molar-refractivity contribution >= 4 is 17.4 Å². The van der Waals surface area contributed by atoms with Crippen LogP contribution < -0.4 is 5.32 Å². The maximum absolute atomic E-state index is 3.94. The van der Waals surface area contributed by atoms with Gasteiger partial charge < -0.3 is 5.32 Å². The number of para-hydroxylation sites is 2. The average molecular weight is 297 g/mol. The molecule has 5 nitrogen and oxygen atoms in total. The Bertz CT molecular complexity index is 694. The van der Waals surface area contributed by atoms with Gasteiger partial charge in [-0.2, -0.15) is 4.68 Å². The van der Waals surface area contributed by atoms with E-state index in [2.05, 4.69) is 51.4 Å². The summed E-state index contributed by atoms with van der Waals surface area (Å²) >= 11 is 1.75. The summed E-state index contributed by atoms with van der Waals surface area (Å²) in [5, 5.41) is 14.7. The van der Waals surface area contributed by atoms with E-state index in [0.717, 1.165) is 17.9 Å². The molecule has 106 valence electrons. The molecule has 0 aliphatic heterocycles. The summed E-state index contributed by atoms with van der Waals surface area (Å²) in [7, 11) is 0. The third-order valence-electron chi connectivity index (χ3n) is 3.14. The van der Waals surface area contributed by atoms with Gasteiger partial charge in [-0.05, 0) is 46.5 Å². The lowest BCUT2D eigenvalue weighted by Crippen LogP contribution is -2.05. The molecule has 3 rings (SSSR count). The van der Waals surface area contributed by atoms with Crippen molar-refractivity contribution in [2.45, 2.75) is 11.4 Å². The fraction of sp³-hybridized carbons (Fsp3) is 0.133. The van der Waals surface area contributed by atoms with Crippen LogP contribution in [0.3, 0.4) is 0 Å². The monoisotopic (exact) mass is 297 g/mol. The van der Waals surface area contributed by atoms with E-state index in [1.807, 2.05) is 24.3 Å². The maximum Gasteiger partial charge on any atom is 0.143 e. The van der Waals surface area contributed by atoms with Gasteiger partial charge >= 0.3 is 0 Å². The molecule has 21 heavy (non-hydrogen) atoms. The normalized spacial score (nSPS) is 10.5.